The summed E-state index contributed by atoms with van der Waals surface area (Å²) in [5, 5.41) is 11.0. The molecule has 3 nitrogen and oxygen atoms in total. The van der Waals surface area contributed by atoms with E-state index in [1.54, 1.807) is 11.3 Å². The second-order valence-corrected chi connectivity index (χ2v) is 6.72. The summed E-state index contributed by atoms with van der Waals surface area (Å²) in [6, 6.07) is 8.25. The Kier molecular flexibility index (Phi) is 4.58. The monoisotopic (exact) mass is 290 g/mol. The summed E-state index contributed by atoms with van der Waals surface area (Å²) in [7, 11) is 0. The number of nitrogens with zero attached hydrogens (tertiary/aromatic N) is 1. The molecule has 0 fully saturated rings. The van der Waals surface area contributed by atoms with Crippen molar-refractivity contribution in [2.45, 2.75) is 32.6 Å². The van der Waals surface area contributed by atoms with Crippen molar-refractivity contribution >= 4 is 11.3 Å². The van der Waals surface area contributed by atoms with E-state index in [2.05, 4.69) is 43.1 Å². The zero-order chi connectivity index (χ0) is 14.8. The summed E-state index contributed by atoms with van der Waals surface area (Å²) in [6.07, 6.45) is 0.683. The molecule has 4 heteroatoms. The summed E-state index contributed by atoms with van der Waals surface area (Å²) in [4.78, 5) is 5.82. The highest BCUT2D eigenvalue weighted by molar-refractivity contribution is 7.11. The zero-order valence-electron chi connectivity index (χ0n) is 12.3. The van der Waals surface area contributed by atoms with Crippen LogP contribution in [0.2, 0.25) is 0 Å². The predicted octanol–water partition coefficient (Wildman–Crippen LogP) is 2.50. The normalized spacial score (nSPS) is 14.2. The summed E-state index contributed by atoms with van der Waals surface area (Å²) in [5.74, 6) is 0. The van der Waals surface area contributed by atoms with Crippen LogP contribution >= 0.6 is 11.3 Å². The van der Waals surface area contributed by atoms with Gasteiger partial charge in [0.15, 0.2) is 0 Å². The second-order valence-electron chi connectivity index (χ2n) is 5.43. The van der Waals surface area contributed by atoms with E-state index in [0.29, 0.717) is 13.0 Å². The molecule has 0 aliphatic heterocycles. The van der Waals surface area contributed by atoms with Crippen molar-refractivity contribution in [3.05, 3.63) is 51.0 Å². The summed E-state index contributed by atoms with van der Waals surface area (Å²) in [6.45, 7) is 6.59. The molecular formula is C16H22N2OS. The Hall–Kier alpha value is -1.23. The maximum absolute atomic E-state index is 9.93. The molecule has 0 saturated carbocycles. The Morgan fingerprint density at radius 1 is 1.20 bits per heavy atom. The van der Waals surface area contributed by atoms with Gasteiger partial charge in [-0.2, -0.15) is 0 Å². The topological polar surface area (TPSA) is 59.1 Å². The molecule has 1 atom stereocenters. The Morgan fingerprint density at radius 3 is 2.30 bits per heavy atom. The number of aliphatic hydroxyl groups excluding tert-OH is 1. The van der Waals surface area contributed by atoms with Crippen molar-refractivity contribution in [1.82, 2.24) is 4.98 Å². The van der Waals surface area contributed by atoms with Crippen LogP contribution in [0.25, 0.3) is 0 Å². The molecule has 0 bridgehead atoms. The number of aliphatic hydroxyl groups is 1. The van der Waals surface area contributed by atoms with E-state index in [1.807, 2.05) is 6.92 Å². The van der Waals surface area contributed by atoms with Gasteiger partial charge in [0.2, 0.25) is 0 Å². The van der Waals surface area contributed by atoms with E-state index in [4.69, 9.17) is 5.73 Å². The Labute approximate surface area is 124 Å². The van der Waals surface area contributed by atoms with E-state index >= 15 is 0 Å². The molecule has 20 heavy (non-hydrogen) atoms. The molecule has 0 aliphatic carbocycles. The van der Waals surface area contributed by atoms with Crippen molar-refractivity contribution in [3.8, 4) is 0 Å². The quantitative estimate of drug-likeness (QED) is 0.889. The molecule has 0 aliphatic rings. The fourth-order valence-corrected chi connectivity index (χ4v) is 3.39. The molecule has 1 aromatic carbocycles. The Balaban J connectivity index is 2.36. The largest absolute Gasteiger partial charge is 0.395 e. The number of aromatic nitrogens is 1. The van der Waals surface area contributed by atoms with Crippen LogP contribution in [0.15, 0.2) is 24.3 Å². The molecule has 0 spiro atoms. The summed E-state index contributed by atoms with van der Waals surface area (Å²) >= 11 is 1.69. The maximum atomic E-state index is 9.93. The van der Waals surface area contributed by atoms with Gasteiger partial charge < -0.3 is 10.8 Å². The van der Waals surface area contributed by atoms with Gasteiger partial charge in [0, 0.05) is 23.3 Å². The van der Waals surface area contributed by atoms with E-state index in [0.717, 1.165) is 16.3 Å². The fraction of sp³-hybridized carbons (Fsp3) is 0.438. The molecule has 3 N–H and O–H groups in total. The first-order valence-electron chi connectivity index (χ1n) is 6.82. The minimum atomic E-state index is -0.440. The number of rotatable bonds is 5. The predicted molar refractivity (Wildman–Crippen MR) is 84.3 cm³/mol. The van der Waals surface area contributed by atoms with Crippen molar-refractivity contribution in [3.63, 3.8) is 0 Å². The first kappa shape index (κ1) is 15.2. The van der Waals surface area contributed by atoms with E-state index in [-0.39, 0.29) is 6.61 Å². The number of hydrogen-bond donors (Lipinski definition) is 2. The standard InChI is InChI=1S/C16H22N2OS/c1-11-4-6-14(7-5-11)16(9-17,10-19)8-15-18-12(2)13(3)20-15/h4-7,19H,8-10,17H2,1-3H3. The SMILES string of the molecule is Cc1ccc(C(CN)(CO)Cc2nc(C)c(C)s2)cc1. The van der Waals surface area contributed by atoms with Crippen LogP contribution in [0.3, 0.4) is 0 Å². The van der Waals surface area contributed by atoms with Crippen LogP contribution in [0.5, 0.6) is 0 Å². The van der Waals surface area contributed by atoms with Gasteiger partial charge in [0.25, 0.3) is 0 Å². The fourth-order valence-electron chi connectivity index (χ4n) is 2.32. The molecule has 1 unspecified atom stereocenters. The lowest BCUT2D eigenvalue weighted by Gasteiger charge is -2.30. The molecule has 0 saturated heterocycles. The highest BCUT2D eigenvalue weighted by Gasteiger charge is 2.31. The summed E-state index contributed by atoms with van der Waals surface area (Å²) in [5.41, 5.74) is 8.91. The van der Waals surface area contributed by atoms with Crippen LogP contribution in [0.4, 0.5) is 0 Å². The minimum Gasteiger partial charge on any atom is -0.395 e. The highest BCUT2D eigenvalue weighted by atomic mass is 32.1. The number of aryl methyl sites for hydroxylation is 3. The number of hydrogen-bond acceptors (Lipinski definition) is 4. The minimum absolute atomic E-state index is 0.0320. The van der Waals surface area contributed by atoms with Gasteiger partial charge in [0.1, 0.15) is 0 Å². The molecular weight excluding hydrogens is 268 g/mol. The molecule has 1 heterocycles. The van der Waals surface area contributed by atoms with E-state index in [1.165, 1.54) is 10.4 Å². The Morgan fingerprint density at radius 2 is 1.85 bits per heavy atom. The van der Waals surface area contributed by atoms with Crippen LogP contribution in [0, 0.1) is 20.8 Å². The molecule has 0 amide bonds. The highest BCUT2D eigenvalue weighted by Crippen LogP contribution is 2.30. The van der Waals surface area contributed by atoms with Gasteiger partial charge in [-0.25, -0.2) is 4.98 Å². The van der Waals surface area contributed by atoms with E-state index < -0.39 is 5.41 Å². The number of benzene rings is 1. The average molecular weight is 290 g/mol. The third-order valence-electron chi connectivity index (χ3n) is 3.92. The van der Waals surface area contributed by atoms with Crippen molar-refractivity contribution in [2.75, 3.05) is 13.2 Å². The van der Waals surface area contributed by atoms with E-state index in [9.17, 15) is 5.11 Å². The first-order valence-corrected chi connectivity index (χ1v) is 7.63. The van der Waals surface area contributed by atoms with Gasteiger partial charge in [0.05, 0.1) is 17.3 Å². The third kappa shape index (κ3) is 2.92. The zero-order valence-corrected chi connectivity index (χ0v) is 13.1. The number of nitrogens with two attached hydrogens (primary N) is 1. The third-order valence-corrected chi connectivity index (χ3v) is 4.99. The van der Waals surface area contributed by atoms with Crippen molar-refractivity contribution in [2.24, 2.45) is 5.73 Å². The van der Waals surface area contributed by atoms with Gasteiger partial charge in [-0.05, 0) is 26.3 Å². The van der Waals surface area contributed by atoms with Crippen LogP contribution < -0.4 is 5.73 Å². The van der Waals surface area contributed by atoms with Crippen molar-refractivity contribution in [1.29, 1.82) is 0 Å². The van der Waals surface area contributed by atoms with Gasteiger partial charge in [-0.15, -0.1) is 11.3 Å². The lowest BCUT2D eigenvalue weighted by molar-refractivity contribution is 0.196. The lowest BCUT2D eigenvalue weighted by Crippen LogP contribution is -2.41. The van der Waals surface area contributed by atoms with Gasteiger partial charge >= 0.3 is 0 Å². The number of thiazole rings is 1. The molecule has 108 valence electrons. The second kappa shape index (κ2) is 6.04. The lowest BCUT2D eigenvalue weighted by atomic mass is 9.78. The van der Waals surface area contributed by atoms with Crippen LogP contribution in [-0.4, -0.2) is 23.2 Å². The average Bonchev–Trinajstić information content (AvgIpc) is 2.76. The van der Waals surface area contributed by atoms with Gasteiger partial charge in [-0.3, -0.25) is 0 Å². The molecule has 0 radical (unpaired) electrons. The van der Waals surface area contributed by atoms with Crippen LogP contribution in [-0.2, 0) is 11.8 Å². The maximum Gasteiger partial charge on any atom is 0.0941 e. The molecule has 1 aromatic heterocycles. The smallest absolute Gasteiger partial charge is 0.0941 e. The molecule has 2 aromatic rings. The molecule has 2 rings (SSSR count). The first-order chi connectivity index (χ1) is 9.50. The summed E-state index contributed by atoms with van der Waals surface area (Å²) < 4.78 is 0. The van der Waals surface area contributed by atoms with Crippen LogP contribution in [0.1, 0.15) is 26.7 Å². The van der Waals surface area contributed by atoms with Crippen molar-refractivity contribution < 1.29 is 5.11 Å². The Bertz CT molecular complexity index is 551. The van der Waals surface area contributed by atoms with Gasteiger partial charge in [-0.1, -0.05) is 29.8 Å².